The first-order chi connectivity index (χ1) is 9.24. The fraction of sp³-hybridized carbons (Fsp3) is 0.357. The summed E-state index contributed by atoms with van der Waals surface area (Å²) in [6.07, 6.45) is 6.21. The van der Waals surface area contributed by atoms with Gasteiger partial charge in [0.2, 0.25) is 0 Å². The van der Waals surface area contributed by atoms with E-state index >= 15 is 0 Å². The van der Waals surface area contributed by atoms with E-state index in [0.29, 0.717) is 5.69 Å². The van der Waals surface area contributed by atoms with Crippen molar-refractivity contribution in [3.05, 3.63) is 41.2 Å². The molecule has 1 aliphatic rings. The maximum Gasteiger partial charge on any atom is 0.309 e. The van der Waals surface area contributed by atoms with Crippen LogP contribution in [0, 0.1) is 0 Å². The second kappa shape index (κ2) is 4.84. The largest absolute Gasteiger partial charge is 0.481 e. The molecule has 1 heterocycles. The van der Waals surface area contributed by atoms with E-state index in [1.54, 1.807) is 10.9 Å². The molecule has 0 aliphatic heterocycles. The van der Waals surface area contributed by atoms with Crippen LogP contribution < -0.4 is 0 Å². The number of rotatable bonds is 3. The van der Waals surface area contributed by atoms with E-state index < -0.39 is 5.97 Å². The molecule has 1 aromatic carbocycles. The van der Waals surface area contributed by atoms with Gasteiger partial charge < -0.3 is 5.11 Å². The predicted octanol–water partition coefficient (Wildman–Crippen LogP) is 1.77. The molecule has 1 aromatic heterocycles. The first kappa shape index (κ1) is 11.9. The third kappa shape index (κ3) is 2.36. The average Bonchev–Trinajstić information content (AvgIpc) is 2.85. The molecule has 0 bridgehead atoms. The highest BCUT2D eigenvalue weighted by molar-refractivity contribution is 5.69. The summed E-state index contributed by atoms with van der Waals surface area (Å²) in [6.45, 7) is 0. The summed E-state index contributed by atoms with van der Waals surface area (Å²) in [5.41, 5.74) is 4.21. The number of carbonyl (C=O) groups is 1. The van der Waals surface area contributed by atoms with Crippen molar-refractivity contribution in [3.8, 4) is 5.69 Å². The van der Waals surface area contributed by atoms with Crippen molar-refractivity contribution in [3.63, 3.8) is 0 Å². The fourth-order valence-electron chi connectivity index (χ4n) is 2.63. The van der Waals surface area contributed by atoms with Gasteiger partial charge in [0.25, 0.3) is 0 Å². The number of aromatic nitrogens is 3. The highest BCUT2D eigenvalue weighted by Crippen LogP contribution is 2.26. The summed E-state index contributed by atoms with van der Waals surface area (Å²) in [4.78, 5) is 10.7. The summed E-state index contributed by atoms with van der Waals surface area (Å²) >= 11 is 0. The van der Waals surface area contributed by atoms with Gasteiger partial charge in [-0.1, -0.05) is 17.3 Å². The van der Waals surface area contributed by atoms with Gasteiger partial charge in [0, 0.05) is 0 Å². The molecular formula is C14H15N3O2. The number of benzene rings is 1. The normalized spacial score (nSPS) is 14.1. The molecule has 5 heteroatoms. The number of hydrogen-bond donors (Lipinski definition) is 1. The molecule has 0 spiro atoms. The maximum atomic E-state index is 10.7. The minimum atomic E-state index is -0.887. The van der Waals surface area contributed by atoms with Crippen LogP contribution in [0.2, 0.25) is 0 Å². The van der Waals surface area contributed by atoms with Crippen molar-refractivity contribution >= 4 is 5.97 Å². The quantitative estimate of drug-likeness (QED) is 0.910. The third-order valence-electron chi connectivity index (χ3n) is 3.49. The molecule has 19 heavy (non-hydrogen) atoms. The minimum Gasteiger partial charge on any atom is -0.481 e. The Morgan fingerprint density at radius 1 is 1.32 bits per heavy atom. The van der Waals surface area contributed by atoms with Crippen molar-refractivity contribution in [1.29, 1.82) is 0 Å². The lowest BCUT2D eigenvalue weighted by Gasteiger charge is -2.18. The van der Waals surface area contributed by atoms with Crippen LogP contribution in [0.25, 0.3) is 5.69 Å². The van der Waals surface area contributed by atoms with E-state index in [4.69, 9.17) is 5.11 Å². The van der Waals surface area contributed by atoms with Gasteiger partial charge in [-0.25, -0.2) is 4.68 Å². The Morgan fingerprint density at radius 3 is 3.00 bits per heavy atom. The highest BCUT2D eigenvalue weighted by atomic mass is 16.4. The first-order valence-electron chi connectivity index (χ1n) is 6.48. The van der Waals surface area contributed by atoms with Gasteiger partial charge in [-0.3, -0.25) is 4.79 Å². The van der Waals surface area contributed by atoms with Crippen LogP contribution >= 0.6 is 0 Å². The summed E-state index contributed by atoms with van der Waals surface area (Å²) in [5.74, 6) is -0.887. The maximum absolute atomic E-state index is 10.7. The highest BCUT2D eigenvalue weighted by Gasteiger charge is 2.15. The molecule has 1 aliphatic carbocycles. The Bertz CT molecular complexity index is 619. The summed E-state index contributed by atoms with van der Waals surface area (Å²) in [5, 5.41) is 16.7. The lowest BCUT2D eigenvalue weighted by Crippen LogP contribution is -2.08. The number of aliphatic carboxylic acids is 1. The fourth-order valence-corrected chi connectivity index (χ4v) is 2.63. The van der Waals surface area contributed by atoms with Gasteiger partial charge >= 0.3 is 5.97 Å². The Labute approximate surface area is 110 Å². The van der Waals surface area contributed by atoms with Crippen molar-refractivity contribution < 1.29 is 9.90 Å². The van der Waals surface area contributed by atoms with E-state index in [9.17, 15) is 4.79 Å². The van der Waals surface area contributed by atoms with E-state index in [1.807, 2.05) is 12.1 Å². The zero-order valence-electron chi connectivity index (χ0n) is 10.5. The van der Waals surface area contributed by atoms with E-state index in [-0.39, 0.29) is 6.42 Å². The molecule has 0 radical (unpaired) electrons. The Balaban J connectivity index is 1.98. The van der Waals surface area contributed by atoms with Gasteiger partial charge in [-0.15, -0.1) is 5.10 Å². The summed E-state index contributed by atoms with van der Waals surface area (Å²) < 4.78 is 1.70. The molecule has 98 valence electrons. The van der Waals surface area contributed by atoms with Crippen molar-refractivity contribution in [2.75, 3.05) is 0 Å². The van der Waals surface area contributed by atoms with Crippen LogP contribution in [-0.2, 0) is 24.1 Å². The number of aryl methyl sites for hydroxylation is 1. The van der Waals surface area contributed by atoms with Crippen LogP contribution in [0.4, 0.5) is 0 Å². The number of hydrogen-bond acceptors (Lipinski definition) is 3. The van der Waals surface area contributed by atoms with Crippen molar-refractivity contribution in [2.45, 2.75) is 32.1 Å². The van der Waals surface area contributed by atoms with Crippen molar-refractivity contribution in [1.82, 2.24) is 15.0 Å². The Kier molecular flexibility index (Phi) is 3.03. The number of carboxylic acids is 1. The monoisotopic (exact) mass is 257 g/mol. The molecule has 0 atom stereocenters. The van der Waals surface area contributed by atoms with Crippen LogP contribution in [0.3, 0.4) is 0 Å². The lowest BCUT2D eigenvalue weighted by molar-refractivity contribution is -0.136. The molecule has 0 saturated carbocycles. The summed E-state index contributed by atoms with van der Waals surface area (Å²) in [6, 6.07) is 6.20. The van der Waals surface area contributed by atoms with Gasteiger partial charge in [0.05, 0.1) is 24.0 Å². The van der Waals surface area contributed by atoms with Gasteiger partial charge in [0.1, 0.15) is 0 Å². The van der Waals surface area contributed by atoms with E-state index in [0.717, 1.165) is 18.5 Å². The number of carboxylic acid groups (broad SMARTS) is 1. The molecule has 0 amide bonds. The smallest absolute Gasteiger partial charge is 0.309 e. The topological polar surface area (TPSA) is 68.0 Å². The second-order valence-corrected chi connectivity index (χ2v) is 4.85. The van der Waals surface area contributed by atoms with Gasteiger partial charge in [0.15, 0.2) is 0 Å². The molecule has 3 rings (SSSR count). The van der Waals surface area contributed by atoms with Crippen LogP contribution in [0.1, 0.15) is 29.7 Å². The molecule has 0 unspecified atom stereocenters. The predicted molar refractivity (Wildman–Crippen MR) is 69.3 cm³/mol. The second-order valence-electron chi connectivity index (χ2n) is 4.85. The molecular weight excluding hydrogens is 242 g/mol. The standard InChI is InChI=1S/C14H15N3O2/c18-14(19)8-11-9-17(16-15-11)13-7-3-5-10-4-1-2-6-12(10)13/h3,5,7,9H,1-2,4,6,8H2,(H,18,19). The molecule has 0 fully saturated rings. The average molecular weight is 257 g/mol. The number of nitrogens with zero attached hydrogens (tertiary/aromatic N) is 3. The molecule has 5 nitrogen and oxygen atoms in total. The van der Waals surface area contributed by atoms with Crippen LogP contribution in [-0.4, -0.2) is 26.1 Å². The zero-order valence-corrected chi connectivity index (χ0v) is 10.5. The minimum absolute atomic E-state index is 0.0883. The van der Waals surface area contributed by atoms with Gasteiger partial charge in [-0.2, -0.15) is 0 Å². The van der Waals surface area contributed by atoms with Crippen LogP contribution in [0.5, 0.6) is 0 Å². The van der Waals surface area contributed by atoms with Crippen molar-refractivity contribution in [2.24, 2.45) is 0 Å². The summed E-state index contributed by atoms with van der Waals surface area (Å²) in [7, 11) is 0. The SMILES string of the molecule is O=C(O)Cc1cn(-c2cccc3c2CCCC3)nn1. The lowest BCUT2D eigenvalue weighted by atomic mass is 9.90. The van der Waals surface area contributed by atoms with Crippen LogP contribution in [0.15, 0.2) is 24.4 Å². The zero-order chi connectivity index (χ0) is 13.2. The van der Waals surface area contributed by atoms with E-state index in [1.165, 1.54) is 24.0 Å². The molecule has 0 saturated heterocycles. The van der Waals surface area contributed by atoms with Gasteiger partial charge in [-0.05, 0) is 42.9 Å². The first-order valence-corrected chi connectivity index (χ1v) is 6.48. The Morgan fingerprint density at radius 2 is 2.16 bits per heavy atom. The molecule has 1 N–H and O–H groups in total. The molecule has 2 aromatic rings. The third-order valence-corrected chi connectivity index (χ3v) is 3.49. The van der Waals surface area contributed by atoms with E-state index in [2.05, 4.69) is 16.4 Å². The Hall–Kier alpha value is -2.17. The number of fused-ring (bicyclic) bond motifs is 1.